The molecular weight excluding hydrogens is 374 g/mol. The third kappa shape index (κ3) is 4.05. The summed E-state index contributed by atoms with van der Waals surface area (Å²) >= 11 is 0. The maximum atomic E-state index is 6.62. The Morgan fingerprint density at radius 1 is 1.03 bits per heavy atom. The molecule has 1 aliphatic heterocycles. The van der Waals surface area contributed by atoms with Crippen LogP contribution in [0.1, 0.15) is 43.2 Å². The molecule has 0 radical (unpaired) electrons. The SMILES string of the molecule is COc1ccc(CCN2C(N)N/C(=C\c3ccccc3)C23CCCCC3)cc1OC. The predicted molar refractivity (Wildman–Crippen MR) is 121 cm³/mol. The van der Waals surface area contributed by atoms with Gasteiger partial charge in [-0.15, -0.1) is 0 Å². The van der Waals surface area contributed by atoms with Crippen LogP contribution in [-0.4, -0.2) is 37.5 Å². The number of nitrogens with zero attached hydrogens (tertiary/aromatic N) is 1. The van der Waals surface area contributed by atoms with Crippen molar-refractivity contribution in [3.8, 4) is 11.5 Å². The normalized spacial score (nSPS) is 22.2. The van der Waals surface area contributed by atoms with Crippen LogP contribution >= 0.6 is 0 Å². The smallest absolute Gasteiger partial charge is 0.160 e. The number of benzene rings is 2. The van der Waals surface area contributed by atoms with Gasteiger partial charge in [0, 0.05) is 12.2 Å². The van der Waals surface area contributed by atoms with Gasteiger partial charge in [-0.2, -0.15) is 0 Å². The van der Waals surface area contributed by atoms with Crippen molar-refractivity contribution in [3.63, 3.8) is 0 Å². The first-order valence-electron chi connectivity index (χ1n) is 10.9. The van der Waals surface area contributed by atoms with Gasteiger partial charge in [-0.1, -0.05) is 55.7 Å². The lowest BCUT2D eigenvalue weighted by atomic mass is 9.78. The molecule has 1 aliphatic carbocycles. The summed E-state index contributed by atoms with van der Waals surface area (Å²) < 4.78 is 10.9. The fourth-order valence-corrected chi connectivity index (χ4v) is 5.02. The van der Waals surface area contributed by atoms with Crippen LogP contribution in [0.15, 0.2) is 54.2 Å². The minimum Gasteiger partial charge on any atom is -0.493 e. The number of hydrogen-bond donors (Lipinski definition) is 2. The molecule has 2 aliphatic rings. The average Bonchev–Trinajstić information content (AvgIpc) is 3.03. The highest BCUT2D eigenvalue weighted by molar-refractivity contribution is 5.56. The Morgan fingerprint density at radius 3 is 2.47 bits per heavy atom. The van der Waals surface area contributed by atoms with Gasteiger partial charge < -0.3 is 14.8 Å². The van der Waals surface area contributed by atoms with Crippen LogP contribution in [0.3, 0.4) is 0 Å². The maximum Gasteiger partial charge on any atom is 0.160 e. The zero-order chi connectivity index (χ0) is 21.0. The lowest BCUT2D eigenvalue weighted by Gasteiger charge is -2.42. The van der Waals surface area contributed by atoms with Crippen molar-refractivity contribution >= 4 is 6.08 Å². The van der Waals surface area contributed by atoms with Crippen LogP contribution in [0.4, 0.5) is 0 Å². The Hall–Kier alpha value is -2.50. The molecule has 2 fully saturated rings. The first-order chi connectivity index (χ1) is 14.7. The Bertz CT molecular complexity index is 875. The van der Waals surface area contributed by atoms with Crippen LogP contribution < -0.4 is 20.5 Å². The quantitative estimate of drug-likeness (QED) is 0.754. The van der Waals surface area contributed by atoms with Gasteiger partial charge in [0.05, 0.1) is 19.8 Å². The molecule has 2 aromatic rings. The molecule has 1 atom stereocenters. The van der Waals surface area contributed by atoms with E-state index in [2.05, 4.69) is 58.8 Å². The van der Waals surface area contributed by atoms with Crippen molar-refractivity contribution in [3.05, 3.63) is 65.4 Å². The molecule has 1 unspecified atom stereocenters. The first-order valence-corrected chi connectivity index (χ1v) is 10.9. The van der Waals surface area contributed by atoms with Crippen molar-refractivity contribution in [2.24, 2.45) is 5.73 Å². The molecule has 1 spiro atoms. The van der Waals surface area contributed by atoms with Crippen LogP contribution in [0, 0.1) is 0 Å². The number of nitrogens with one attached hydrogen (secondary N) is 1. The summed E-state index contributed by atoms with van der Waals surface area (Å²) in [5.74, 6) is 1.54. The molecule has 1 saturated heterocycles. The van der Waals surface area contributed by atoms with Crippen LogP contribution in [0.25, 0.3) is 6.08 Å². The fourth-order valence-electron chi connectivity index (χ4n) is 5.02. The van der Waals surface area contributed by atoms with Gasteiger partial charge in [0.2, 0.25) is 0 Å². The van der Waals surface area contributed by atoms with Crippen LogP contribution in [0.2, 0.25) is 0 Å². The molecule has 3 N–H and O–H groups in total. The average molecular weight is 408 g/mol. The molecule has 2 aromatic carbocycles. The molecular formula is C25H33N3O2. The van der Waals surface area contributed by atoms with E-state index in [0.717, 1.165) is 37.3 Å². The fraction of sp³-hybridized carbons (Fsp3) is 0.440. The summed E-state index contributed by atoms with van der Waals surface area (Å²) in [7, 11) is 3.35. The van der Waals surface area contributed by atoms with Gasteiger partial charge >= 0.3 is 0 Å². The monoisotopic (exact) mass is 407 g/mol. The largest absolute Gasteiger partial charge is 0.493 e. The summed E-state index contributed by atoms with van der Waals surface area (Å²) in [4.78, 5) is 2.48. The number of methoxy groups -OCH3 is 2. The van der Waals surface area contributed by atoms with Gasteiger partial charge in [0.1, 0.15) is 6.29 Å². The van der Waals surface area contributed by atoms with Crippen LogP contribution in [0.5, 0.6) is 11.5 Å². The van der Waals surface area contributed by atoms with Crippen molar-refractivity contribution in [1.82, 2.24) is 10.2 Å². The summed E-state index contributed by atoms with van der Waals surface area (Å²) in [5.41, 5.74) is 10.3. The summed E-state index contributed by atoms with van der Waals surface area (Å²) in [6, 6.07) is 16.7. The molecule has 5 nitrogen and oxygen atoms in total. The van der Waals surface area contributed by atoms with E-state index in [4.69, 9.17) is 15.2 Å². The number of hydrogen-bond acceptors (Lipinski definition) is 5. The third-order valence-electron chi connectivity index (χ3n) is 6.57. The van der Waals surface area contributed by atoms with Gasteiger partial charge in [-0.25, -0.2) is 0 Å². The van der Waals surface area contributed by atoms with E-state index in [1.807, 2.05) is 6.07 Å². The third-order valence-corrected chi connectivity index (χ3v) is 6.57. The Balaban J connectivity index is 1.58. The molecule has 0 bridgehead atoms. The molecule has 1 heterocycles. The number of ether oxygens (including phenoxy) is 2. The lowest BCUT2D eigenvalue weighted by molar-refractivity contribution is 0.0820. The lowest BCUT2D eigenvalue weighted by Crippen LogP contribution is -2.53. The van der Waals surface area contributed by atoms with Gasteiger partial charge in [0.25, 0.3) is 0 Å². The topological polar surface area (TPSA) is 59.8 Å². The molecule has 0 aromatic heterocycles. The minimum absolute atomic E-state index is 0.00403. The Kier molecular flexibility index (Phi) is 6.30. The van der Waals surface area contributed by atoms with E-state index in [1.54, 1.807) is 14.2 Å². The summed E-state index contributed by atoms with van der Waals surface area (Å²) in [6.07, 6.45) is 9.13. The van der Waals surface area contributed by atoms with E-state index in [-0.39, 0.29) is 11.8 Å². The van der Waals surface area contributed by atoms with Crippen molar-refractivity contribution < 1.29 is 9.47 Å². The van der Waals surface area contributed by atoms with Gasteiger partial charge in [-0.3, -0.25) is 10.6 Å². The molecule has 5 heteroatoms. The molecule has 0 amide bonds. The highest BCUT2D eigenvalue weighted by atomic mass is 16.5. The second-order valence-electron chi connectivity index (χ2n) is 8.28. The number of rotatable bonds is 6. The van der Waals surface area contributed by atoms with Crippen LogP contribution in [-0.2, 0) is 6.42 Å². The Labute approximate surface area is 179 Å². The van der Waals surface area contributed by atoms with E-state index in [1.165, 1.54) is 36.1 Å². The van der Waals surface area contributed by atoms with E-state index >= 15 is 0 Å². The molecule has 4 rings (SSSR count). The molecule has 160 valence electrons. The van der Waals surface area contributed by atoms with Crippen molar-refractivity contribution in [1.29, 1.82) is 0 Å². The van der Waals surface area contributed by atoms with E-state index in [0.29, 0.717) is 0 Å². The minimum atomic E-state index is -0.168. The molecule has 30 heavy (non-hydrogen) atoms. The number of nitrogens with two attached hydrogens (primary N) is 1. The highest BCUT2D eigenvalue weighted by Gasteiger charge is 2.48. The zero-order valence-corrected chi connectivity index (χ0v) is 18.1. The maximum absolute atomic E-state index is 6.62. The van der Waals surface area contributed by atoms with Crippen molar-refractivity contribution in [2.75, 3.05) is 20.8 Å². The first kappa shape index (κ1) is 20.8. The Morgan fingerprint density at radius 2 is 1.77 bits per heavy atom. The predicted octanol–water partition coefficient (Wildman–Crippen LogP) is 4.14. The summed E-state index contributed by atoms with van der Waals surface area (Å²) in [6.45, 7) is 0.899. The standard InChI is InChI=1S/C25H33N3O2/c1-29-21-12-11-20(17-22(21)30-2)13-16-28-24(26)27-23(18-19-9-5-3-6-10-19)25(28)14-7-4-8-15-25/h3,5-6,9-12,17-18,24,27H,4,7-8,13-16,26H2,1-2H3/b23-18-. The van der Waals surface area contributed by atoms with Gasteiger partial charge in [0.15, 0.2) is 11.5 Å². The van der Waals surface area contributed by atoms with Gasteiger partial charge in [-0.05, 0) is 48.6 Å². The molecule has 1 saturated carbocycles. The van der Waals surface area contributed by atoms with E-state index < -0.39 is 0 Å². The van der Waals surface area contributed by atoms with E-state index in [9.17, 15) is 0 Å². The second kappa shape index (κ2) is 9.11. The second-order valence-corrected chi connectivity index (χ2v) is 8.28. The van der Waals surface area contributed by atoms with Crippen molar-refractivity contribution in [2.45, 2.75) is 50.4 Å². The zero-order valence-electron chi connectivity index (χ0n) is 18.1. The highest BCUT2D eigenvalue weighted by Crippen LogP contribution is 2.43. The summed E-state index contributed by atoms with van der Waals surface area (Å²) in [5, 5.41) is 3.61.